The van der Waals surface area contributed by atoms with Crippen molar-refractivity contribution >= 4 is 26.5 Å². The van der Waals surface area contributed by atoms with Crippen LogP contribution in [0.15, 0.2) is 23.1 Å². The topological polar surface area (TPSA) is 89.3 Å². The standard InChI is InChI=1S/C11H18N2O3S2/c1-8-4-5-10(6-11(8)12)18(15,16)13-7-9(2)17(3)14/h4-6,9,13H,7,12H2,1-3H3. The third-order valence-electron chi connectivity index (χ3n) is 2.69. The van der Waals surface area contributed by atoms with E-state index >= 15 is 0 Å². The minimum Gasteiger partial charge on any atom is -0.398 e. The first-order chi connectivity index (χ1) is 8.24. The summed E-state index contributed by atoms with van der Waals surface area (Å²) in [5, 5.41) is -0.234. The fourth-order valence-electron chi connectivity index (χ4n) is 1.21. The molecule has 0 aliphatic carbocycles. The monoisotopic (exact) mass is 290 g/mol. The SMILES string of the molecule is Cc1ccc(S(=O)(=O)NCC(C)S(C)=O)cc1N. The summed E-state index contributed by atoms with van der Waals surface area (Å²) in [4.78, 5) is 0.125. The molecule has 0 heterocycles. The highest BCUT2D eigenvalue weighted by atomic mass is 32.2. The van der Waals surface area contributed by atoms with E-state index in [-0.39, 0.29) is 16.7 Å². The van der Waals surface area contributed by atoms with Crippen LogP contribution < -0.4 is 10.5 Å². The van der Waals surface area contributed by atoms with Gasteiger partial charge in [-0.05, 0) is 31.5 Å². The third-order valence-corrected chi connectivity index (χ3v) is 5.41. The van der Waals surface area contributed by atoms with E-state index in [1.165, 1.54) is 12.1 Å². The number of rotatable bonds is 5. The minimum absolute atomic E-state index is 0.125. The molecule has 0 bridgehead atoms. The molecule has 7 heteroatoms. The molecule has 2 atom stereocenters. The molecule has 0 saturated heterocycles. The Morgan fingerprint density at radius 3 is 2.56 bits per heavy atom. The fourth-order valence-corrected chi connectivity index (χ4v) is 2.80. The Bertz CT molecular complexity index is 555. The van der Waals surface area contributed by atoms with Crippen LogP contribution in [-0.2, 0) is 20.8 Å². The molecule has 1 rings (SSSR count). The molecular weight excluding hydrogens is 272 g/mol. The lowest BCUT2D eigenvalue weighted by molar-refractivity contribution is 0.580. The molecule has 1 aromatic rings. The van der Waals surface area contributed by atoms with Gasteiger partial charge >= 0.3 is 0 Å². The minimum atomic E-state index is -3.59. The number of hydrogen-bond acceptors (Lipinski definition) is 4. The fraction of sp³-hybridized carbons (Fsp3) is 0.455. The highest BCUT2D eigenvalue weighted by Crippen LogP contribution is 2.16. The molecule has 5 nitrogen and oxygen atoms in total. The van der Waals surface area contributed by atoms with Gasteiger partial charge in [-0.25, -0.2) is 13.1 Å². The molecule has 0 aromatic heterocycles. The summed E-state index contributed by atoms with van der Waals surface area (Å²) in [6.45, 7) is 3.67. The number of nitrogen functional groups attached to an aromatic ring is 1. The summed E-state index contributed by atoms with van der Waals surface area (Å²) in [5.74, 6) is 0. The Balaban J connectivity index is 2.87. The molecule has 2 unspecified atom stereocenters. The average Bonchev–Trinajstić information content (AvgIpc) is 2.29. The molecule has 18 heavy (non-hydrogen) atoms. The van der Waals surface area contributed by atoms with Crippen molar-refractivity contribution < 1.29 is 12.6 Å². The van der Waals surface area contributed by atoms with Crippen LogP contribution in [0.5, 0.6) is 0 Å². The summed E-state index contributed by atoms with van der Waals surface area (Å²) in [6, 6.07) is 4.58. The second-order valence-electron chi connectivity index (χ2n) is 4.18. The van der Waals surface area contributed by atoms with E-state index in [1.807, 2.05) is 6.92 Å². The molecule has 0 aliphatic rings. The first-order valence-corrected chi connectivity index (χ1v) is 8.52. The van der Waals surface area contributed by atoms with E-state index in [1.54, 1.807) is 19.2 Å². The van der Waals surface area contributed by atoms with Crippen LogP contribution in [-0.4, -0.2) is 30.7 Å². The molecule has 0 amide bonds. The lowest BCUT2D eigenvalue weighted by atomic mass is 10.2. The van der Waals surface area contributed by atoms with E-state index in [9.17, 15) is 12.6 Å². The molecule has 0 spiro atoms. The summed E-state index contributed by atoms with van der Waals surface area (Å²) in [6.07, 6.45) is 1.54. The largest absolute Gasteiger partial charge is 0.398 e. The predicted octanol–water partition coefficient (Wildman–Crippen LogP) is 0.623. The summed E-state index contributed by atoms with van der Waals surface area (Å²) in [5.41, 5.74) is 6.95. The summed E-state index contributed by atoms with van der Waals surface area (Å²) >= 11 is 0. The van der Waals surface area contributed by atoms with Crippen molar-refractivity contribution in [1.29, 1.82) is 0 Å². The number of sulfonamides is 1. The molecular formula is C11H18N2O3S2. The van der Waals surface area contributed by atoms with Crippen LogP contribution in [0.25, 0.3) is 0 Å². The highest BCUT2D eigenvalue weighted by molar-refractivity contribution is 7.89. The van der Waals surface area contributed by atoms with E-state index < -0.39 is 20.8 Å². The van der Waals surface area contributed by atoms with Crippen LogP contribution in [0, 0.1) is 6.92 Å². The van der Waals surface area contributed by atoms with Gasteiger partial charge in [-0.3, -0.25) is 4.21 Å². The van der Waals surface area contributed by atoms with Gasteiger partial charge in [-0.2, -0.15) is 0 Å². The van der Waals surface area contributed by atoms with Gasteiger partial charge in [0.25, 0.3) is 0 Å². The molecule has 102 valence electrons. The van der Waals surface area contributed by atoms with Crippen LogP contribution >= 0.6 is 0 Å². The molecule has 0 saturated carbocycles. The van der Waals surface area contributed by atoms with Crippen LogP contribution in [0.1, 0.15) is 12.5 Å². The molecule has 0 radical (unpaired) electrons. The molecule has 3 N–H and O–H groups in total. The van der Waals surface area contributed by atoms with Gasteiger partial charge < -0.3 is 5.73 Å². The Kier molecular flexibility index (Phi) is 4.89. The zero-order valence-electron chi connectivity index (χ0n) is 10.6. The van der Waals surface area contributed by atoms with Crippen molar-refractivity contribution in [2.45, 2.75) is 24.0 Å². The maximum atomic E-state index is 12.0. The van der Waals surface area contributed by atoms with Gasteiger partial charge in [-0.15, -0.1) is 0 Å². The van der Waals surface area contributed by atoms with Crippen molar-refractivity contribution in [3.05, 3.63) is 23.8 Å². The van der Waals surface area contributed by atoms with E-state index in [4.69, 9.17) is 5.73 Å². The molecule has 0 fully saturated rings. The number of anilines is 1. The maximum Gasteiger partial charge on any atom is 0.240 e. The number of benzene rings is 1. The van der Waals surface area contributed by atoms with Crippen LogP contribution in [0.3, 0.4) is 0 Å². The van der Waals surface area contributed by atoms with Gasteiger partial charge in [0.1, 0.15) is 0 Å². The average molecular weight is 290 g/mol. The second kappa shape index (κ2) is 5.81. The third kappa shape index (κ3) is 3.79. The number of aryl methyl sites for hydroxylation is 1. The van der Waals surface area contributed by atoms with Gasteiger partial charge in [0.2, 0.25) is 10.0 Å². The van der Waals surface area contributed by atoms with Crippen LogP contribution in [0.2, 0.25) is 0 Å². The summed E-state index contributed by atoms with van der Waals surface area (Å²) in [7, 11) is -4.65. The van der Waals surface area contributed by atoms with Crippen molar-refractivity contribution in [1.82, 2.24) is 4.72 Å². The lowest BCUT2D eigenvalue weighted by Gasteiger charge is -2.11. The Morgan fingerprint density at radius 2 is 2.06 bits per heavy atom. The quantitative estimate of drug-likeness (QED) is 0.778. The lowest BCUT2D eigenvalue weighted by Crippen LogP contribution is -2.32. The van der Waals surface area contributed by atoms with Gasteiger partial charge in [0.15, 0.2) is 0 Å². The number of nitrogens with two attached hydrogens (primary N) is 1. The van der Waals surface area contributed by atoms with Gasteiger partial charge in [-0.1, -0.05) is 6.07 Å². The Hall–Kier alpha value is -0.920. The van der Waals surface area contributed by atoms with E-state index in [0.717, 1.165) is 5.56 Å². The first-order valence-electron chi connectivity index (χ1n) is 5.42. The molecule has 0 aliphatic heterocycles. The highest BCUT2D eigenvalue weighted by Gasteiger charge is 2.17. The van der Waals surface area contributed by atoms with Crippen molar-refractivity contribution in [3.8, 4) is 0 Å². The normalized spacial score (nSPS) is 15.3. The predicted molar refractivity (Wildman–Crippen MR) is 74.3 cm³/mol. The molecule has 1 aromatic carbocycles. The van der Waals surface area contributed by atoms with Crippen molar-refractivity contribution in [2.24, 2.45) is 0 Å². The van der Waals surface area contributed by atoms with Gasteiger partial charge in [0, 0.05) is 34.5 Å². The maximum absolute atomic E-state index is 12.0. The van der Waals surface area contributed by atoms with E-state index in [0.29, 0.717) is 5.69 Å². The van der Waals surface area contributed by atoms with Crippen molar-refractivity contribution in [3.63, 3.8) is 0 Å². The zero-order valence-corrected chi connectivity index (χ0v) is 12.3. The Morgan fingerprint density at radius 1 is 1.44 bits per heavy atom. The first kappa shape index (κ1) is 15.1. The van der Waals surface area contributed by atoms with Crippen LogP contribution in [0.4, 0.5) is 5.69 Å². The zero-order chi connectivity index (χ0) is 13.9. The van der Waals surface area contributed by atoms with Gasteiger partial charge in [0.05, 0.1) is 4.90 Å². The van der Waals surface area contributed by atoms with Crippen molar-refractivity contribution in [2.75, 3.05) is 18.5 Å². The number of hydrogen-bond donors (Lipinski definition) is 2. The Labute approximate surface area is 110 Å². The second-order valence-corrected chi connectivity index (χ2v) is 7.75. The smallest absolute Gasteiger partial charge is 0.240 e. The summed E-state index contributed by atoms with van der Waals surface area (Å²) < 4.78 is 37.5. The number of nitrogens with one attached hydrogen (secondary N) is 1. The van der Waals surface area contributed by atoms with E-state index in [2.05, 4.69) is 4.72 Å².